The van der Waals surface area contributed by atoms with Crippen molar-refractivity contribution in [3.63, 3.8) is 0 Å². The third kappa shape index (κ3) is 2.86. The first kappa shape index (κ1) is 16.1. The summed E-state index contributed by atoms with van der Waals surface area (Å²) in [6.45, 7) is 9.44. The molecule has 0 spiro atoms. The van der Waals surface area contributed by atoms with Gasteiger partial charge in [0.1, 0.15) is 11.4 Å². The number of fused-ring (bicyclic) bond motifs is 1. The molecule has 1 aliphatic heterocycles. The smallest absolute Gasteiger partial charge is 0.436 e. The molecule has 122 valence electrons. The minimum Gasteiger partial charge on any atom is -0.448 e. The predicted octanol–water partition coefficient (Wildman–Crippen LogP) is 2.28. The summed E-state index contributed by atoms with van der Waals surface area (Å²) in [6, 6.07) is -0.317. The molecule has 0 saturated carbocycles. The molecule has 0 aliphatic carbocycles. The maximum atomic E-state index is 12.2. The zero-order valence-corrected chi connectivity index (χ0v) is 13.5. The van der Waals surface area contributed by atoms with Crippen molar-refractivity contribution in [2.24, 2.45) is 0 Å². The van der Waals surface area contributed by atoms with E-state index in [1.165, 1.54) is 4.90 Å². The Morgan fingerprint density at radius 2 is 2.00 bits per heavy atom. The second-order valence-corrected chi connectivity index (χ2v) is 6.14. The number of carbonyl (C=O) groups excluding carboxylic acids is 2. The molecule has 1 unspecified atom stereocenters. The molecular formula is C14H22N4O4. The molecule has 2 heterocycles. The number of nitrogen functional groups attached to an aromatic ring is 1. The van der Waals surface area contributed by atoms with E-state index in [1.807, 2.05) is 6.92 Å². The molecule has 1 amide bonds. The first-order valence-corrected chi connectivity index (χ1v) is 7.19. The molecule has 0 fully saturated rings. The predicted molar refractivity (Wildman–Crippen MR) is 79.3 cm³/mol. The Balaban J connectivity index is 2.22. The van der Waals surface area contributed by atoms with Gasteiger partial charge in [0.2, 0.25) is 0 Å². The van der Waals surface area contributed by atoms with Gasteiger partial charge in [0.25, 0.3) is 0 Å². The number of anilines is 1. The van der Waals surface area contributed by atoms with Gasteiger partial charge in [-0.05, 0) is 34.6 Å². The van der Waals surface area contributed by atoms with Gasteiger partial charge in [0.05, 0.1) is 24.9 Å². The molecule has 0 saturated heterocycles. The molecule has 1 aliphatic rings. The summed E-state index contributed by atoms with van der Waals surface area (Å²) in [7, 11) is 0. The highest BCUT2D eigenvalue weighted by Gasteiger charge is 2.38. The van der Waals surface area contributed by atoms with E-state index in [0.717, 1.165) is 4.68 Å². The summed E-state index contributed by atoms with van der Waals surface area (Å²) in [5.41, 5.74) is 6.63. The molecule has 1 aromatic rings. The largest absolute Gasteiger partial charge is 0.448 e. The summed E-state index contributed by atoms with van der Waals surface area (Å²) >= 11 is 0. The van der Waals surface area contributed by atoms with Crippen molar-refractivity contribution in [1.29, 1.82) is 0 Å². The average Bonchev–Trinajstić information content (AvgIpc) is 2.87. The van der Waals surface area contributed by atoms with Gasteiger partial charge in [-0.1, -0.05) is 0 Å². The zero-order valence-electron chi connectivity index (χ0n) is 13.5. The molecule has 22 heavy (non-hydrogen) atoms. The summed E-state index contributed by atoms with van der Waals surface area (Å²) < 4.78 is 11.3. The zero-order chi connectivity index (χ0) is 16.7. The Hall–Kier alpha value is -2.25. The number of ether oxygens (including phenoxy) is 2. The highest BCUT2D eigenvalue weighted by Crippen LogP contribution is 2.36. The van der Waals surface area contributed by atoms with Crippen molar-refractivity contribution in [3.8, 4) is 0 Å². The highest BCUT2D eigenvalue weighted by molar-refractivity contribution is 5.76. The molecule has 8 heteroatoms. The minimum atomic E-state index is -0.620. The Labute approximate surface area is 129 Å². The van der Waals surface area contributed by atoms with Crippen LogP contribution in [0.4, 0.5) is 15.4 Å². The van der Waals surface area contributed by atoms with Crippen LogP contribution in [0.15, 0.2) is 0 Å². The van der Waals surface area contributed by atoms with Crippen LogP contribution in [0.1, 0.15) is 51.9 Å². The van der Waals surface area contributed by atoms with Gasteiger partial charge in [0.15, 0.2) is 0 Å². The molecular weight excluding hydrogens is 288 g/mol. The normalized spacial score (nSPS) is 17.3. The van der Waals surface area contributed by atoms with Gasteiger partial charge in [-0.25, -0.2) is 9.59 Å². The van der Waals surface area contributed by atoms with Crippen molar-refractivity contribution in [2.75, 3.05) is 12.3 Å². The minimum absolute atomic E-state index is 0.200. The van der Waals surface area contributed by atoms with Crippen LogP contribution in [-0.4, -0.2) is 39.1 Å². The fourth-order valence-corrected chi connectivity index (χ4v) is 2.30. The van der Waals surface area contributed by atoms with Crippen LogP contribution < -0.4 is 5.73 Å². The van der Waals surface area contributed by atoms with E-state index < -0.39 is 17.8 Å². The van der Waals surface area contributed by atoms with Gasteiger partial charge >= 0.3 is 12.2 Å². The molecule has 1 atom stereocenters. The van der Waals surface area contributed by atoms with E-state index in [-0.39, 0.29) is 25.0 Å². The summed E-state index contributed by atoms with van der Waals surface area (Å²) in [5, 5.41) is 4.19. The van der Waals surface area contributed by atoms with Crippen molar-refractivity contribution >= 4 is 18.0 Å². The third-order valence-corrected chi connectivity index (χ3v) is 3.31. The number of amides is 1. The van der Waals surface area contributed by atoms with E-state index in [0.29, 0.717) is 11.3 Å². The summed E-state index contributed by atoms with van der Waals surface area (Å²) in [5.74, 6) is 0.200. The van der Waals surface area contributed by atoms with E-state index in [1.54, 1.807) is 27.7 Å². The fraction of sp³-hybridized carbons (Fsp3) is 0.643. The molecule has 8 nitrogen and oxygen atoms in total. The van der Waals surface area contributed by atoms with Crippen LogP contribution in [0.2, 0.25) is 0 Å². The Kier molecular flexibility index (Phi) is 4.04. The van der Waals surface area contributed by atoms with E-state index in [2.05, 4.69) is 5.10 Å². The monoisotopic (exact) mass is 310 g/mol. The molecule has 0 radical (unpaired) electrons. The topological polar surface area (TPSA) is 99.7 Å². The first-order valence-electron chi connectivity index (χ1n) is 7.19. The molecule has 2 N–H and O–H groups in total. The van der Waals surface area contributed by atoms with Crippen LogP contribution >= 0.6 is 0 Å². The number of nitrogens with zero attached hydrogens (tertiary/aromatic N) is 3. The standard InChI is InChI=1S/C14H22N4O4/c1-6-21-13(20)18-11(15)9-7-17(8(2)10(9)16-18)12(19)22-14(3,4)5/h8H,6-7,15H2,1-5H3. The average molecular weight is 310 g/mol. The van der Waals surface area contributed by atoms with Gasteiger partial charge in [-0.15, -0.1) is 4.68 Å². The number of aromatic nitrogens is 2. The van der Waals surface area contributed by atoms with E-state index in [4.69, 9.17) is 15.2 Å². The number of hydrogen-bond acceptors (Lipinski definition) is 6. The molecule has 0 aromatic carbocycles. The second kappa shape index (κ2) is 5.51. The Bertz CT molecular complexity index is 603. The third-order valence-electron chi connectivity index (χ3n) is 3.31. The Morgan fingerprint density at radius 1 is 1.36 bits per heavy atom. The highest BCUT2D eigenvalue weighted by atomic mass is 16.6. The lowest BCUT2D eigenvalue weighted by Gasteiger charge is -2.27. The Morgan fingerprint density at radius 3 is 2.50 bits per heavy atom. The van der Waals surface area contributed by atoms with E-state index in [9.17, 15) is 9.59 Å². The van der Waals surface area contributed by atoms with Crippen LogP contribution in [0.3, 0.4) is 0 Å². The number of nitrogens with two attached hydrogens (primary N) is 1. The molecule has 2 rings (SSSR count). The lowest BCUT2D eigenvalue weighted by atomic mass is 10.2. The lowest BCUT2D eigenvalue weighted by molar-refractivity contribution is 0.0184. The first-order chi connectivity index (χ1) is 10.2. The number of hydrogen-bond donors (Lipinski definition) is 1. The maximum absolute atomic E-state index is 12.2. The maximum Gasteiger partial charge on any atom is 0.436 e. The fourth-order valence-electron chi connectivity index (χ4n) is 2.30. The lowest BCUT2D eigenvalue weighted by Crippen LogP contribution is -2.35. The van der Waals surface area contributed by atoms with Crippen molar-refractivity contribution in [3.05, 3.63) is 11.3 Å². The summed E-state index contributed by atoms with van der Waals surface area (Å²) in [4.78, 5) is 25.5. The second-order valence-electron chi connectivity index (χ2n) is 6.14. The van der Waals surface area contributed by atoms with Crippen molar-refractivity contribution in [1.82, 2.24) is 14.7 Å². The van der Waals surface area contributed by atoms with E-state index >= 15 is 0 Å². The van der Waals surface area contributed by atoms with Gasteiger partial charge in [-0.2, -0.15) is 5.10 Å². The van der Waals surface area contributed by atoms with Crippen molar-refractivity contribution in [2.45, 2.75) is 52.8 Å². The number of carbonyl (C=O) groups is 2. The van der Waals surface area contributed by atoms with Crippen LogP contribution in [0, 0.1) is 0 Å². The molecule has 0 bridgehead atoms. The SMILES string of the molecule is CCOC(=O)n1nc2c(c1N)CN(C(=O)OC(C)(C)C)C2C. The molecule has 1 aromatic heterocycles. The number of rotatable bonds is 1. The quantitative estimate of drug-likeness (QED) is 0.854. The van der Waals surface area contributed by atoms with Crippen molar-refractivity contribution < 1.29 is 19.1 Å². The van der Waals surface area contributed by atoms with Crippen LogP contribution in [-0.2, 0) is 16.0 Å². The summed E-state index contributed by atoms with van der Waals surface area (Å²) in [6.07, 6.45) is -1.05. The van der Waals surface area contributed by atoms with Crippen LogP contribution in [0.25, 0.3) is 0 Å². The van der Waals surface area contributed by atoms with Gasteiger partial charge in [-0.3, -0.25) is 4.90 Å². The van der Waals surface area contributed by atoms with Gasteiger partial charge in [0, 0.05) is 5.56 Å². The van der Waals surface area contributed by atoms with Crippen LogP contribution in [0.5, 0.6) is 0 Å². The van der Waals surface area contributed by atoms with Gasteiger partial charge < -0.3 is 15.2 Å².